The highest BCUT2D eigenvalue weighted by Crippen LogP contribution is 2.34. The van der Waals surface area contributed by atoms with Gasteiger partial charge in [-0.3, -0.25) is 0 Å². The summed E-state index contributed by atoms with van der Waals surface area (Å²) in [7, 11) is 0. The molecule has 110 valence electrons. The number of hydrogen-bond acceptors (Lipinski definition) is 3. The normalized spacial score (nSPS) is 11.5. The van der Waals surface area contributed by atoms with Crippen LogP contribution < -0.4 is 10.5 Å². The number of benzene rings is 2. The number of hydrogen-bond donors (Lipinski definition) is 2. The fourth-order valence-corrected chi connectivity index (χ4v) is 1.85. The number of nitrogens with zero attached hydrogens (tertiary/aromatic N) is 1. The standard InChI is InChI=1S/C13H8Cl2F2N2O2/c14-7-1-2-8(15)11(5-7)21-12-9(16)3-6(4-10(12)17)13(18)19-20/h1-5,20H,(H2,18,19). The number of halogens is 4. The van der Waals surface area contributed by atoms with E-state index in [1.807, 2.05) is 0 Å². The van der Waals surface area contributed by atoms with Crippen molar-refractivity contribution in [2.24, 2.45) is 10.9 Å². The molecule has 0 unspecified atom stereocenters. The first kappa shape index (κ1) is 15.3. The molecule has 0 bridgehead atoms. The van der Waals surface area contributed by atoms with Crippen molar-refractivity contribution >= 4 is 29.0 Å². The Morgan fingerprint density at radius 3 is 2.33 bits per heavy atom. The first-order valence-corrected chi connectivity index (χ1v) is 6.28. The van der Waals surface area contributed by atoms with E-state index in [-0.39, 0.29) is 16.3 Å². The predicted molar refractivity (Wildman–Crippen MR) is 75.4 cm³/mol. The zero-order valence-corrected chi connectivity index (χ0v) is 11.8. The molecule has 2 aromatic rings. The van der Waals surface area contributed by atoms with Gasteiger partial charge >= 0.3 is 0 Å². The maximum Gasteiger partial charge on any atom is 0.198 e. The summed E-state index contributed by atoms with van der Waals surface area (Å²) in [6.45, 7) is 0. The lowest BCUT2D eigenvalue weighted by Gasteiger charge is -2.11. The van der Waals surface area contributed by atoms with Crippen LogP contribution in [0.2, 0.25) is 10.0 Å². The summed E-state index contributed by atoms with van der Waals surface area (Å²) in [4.78, 5) is 0. The van der Waals surface area contributed by atoms with Crippen LogP contribution in [0.4, 0.5) is 8.78 Å². The van der Waals surface area contributed by atoms with Gasteiger partial charge in [0.25, 0.3) is 0 Å². The van der Waals surface area contributed by atoms with Crippen molar-refractivity contribution in [1.82, 2.24) is 0 Å². The van der Waals surface area contributed by atoms with Crippen molar-refractivity contribution in [3.05, 3.63) is 57.6 Å². The van der Waals surface area contributed by atoms with Gasteiger partial charge in [-0.15, -0.1) is 0 Å². The molecule has 0 atom stereocenters. The Labute approximate surface area is 128 Å². The molecular formula is C13H8Cl2F2N2O2. The van der Waals surface area contributed by atoms with Crippen molar-refractivity contribution in [1.29, 1.82) is 0 Å². The highest BCUT2D eigenvalue weighted by molar-refractivity contribution is 6.34. The van der Waals surface area contributed by atoms with Gasteiger partial charge in [-0.05, 0) is 24.3 Å². The molecule has 8 heteroatoms. The summed E-state index contributed by atoms with van der Waals surface area (Å²) >= 11 is 11.6. The summed E-state index contributed by atoms with van der Waals surface area (Å²) in [5, 5.41) is 11.6. The highest BCUT2D eigenvalue weighted by atomic mass is 35.5. The van der Waals surface area contributed by atoms with Crippen LogP contribution >= 0.6 is 23.2 Å². The van der Waals surface area contributed by atoms with Gasteiger partial charge in [0.15, 0.2) is 23.2 Å². The fraction of sp³-hybridized carbons (Fsp3) is 0. The Balaban J connectivity index is 2.43. The van der Waals surface area contributed by atoms with E-state index in [1.54, 1.807) is 0 Å². The summed E-state index contributed by atoms with van der Waals surface area (Å²) in [5.41, 5.74) is 5.14. The molecule has 3 N–H and O–H groups in total. The van der Waals surface area contributed by atoms with Crippen LogP contribution in [0.5, 0.6) is 11.5 Å². The molecule has 0 aliphatic heterocycles. The first-order valence-electron chi connectivity index (χ1n) is 5.52. The van der Waals surface area contributed by atoms with Crippen LogP contribution in [-0.2, 0) is 0 Å². The van der Waals surface area contributed by atoms with E-state index in [0.717, 1.165) is 12.1 Å². The van der Waals surface area contributed by atoms with Crippen molar-refractivity contribution < 1.29 is 18.7 Å². The second-order valence-electron chi connectivity index (χ2n) is 3.93. The zero-order valence-electron chi connectivity index (χ0n) is 10.3. The average molecular weight is 333 g/mol. The summed E-state index contributed by atoms with van der Waals surface area (Å²) in [6.07, 6.45) is 0. The Morgan fingerprint density at radius 2 is 1.76 bits per heavy atom. The molecule has 0 saturated heterocycles. The van der Waals surface area contributed by atoms with Gasteiger partial charge in [0.1, 0.15) is 5.75 Å². The van der Waals surface area contributed by atoms with E-state index in [2.05, 4.69) is 5.16 Å². The van der Waals surface area contributed by atoms with Crippen LogP contribution in [0.1, 0.15) is 5.56 Å². The Bertz CT molecular complexity index is 700. The molecule has 0 aliphatic carbocycles. The van der Waals surface area contributed by atoms with Gasteiger partial charge in [-0.2, -0.15) is 0 Å². The SMILES string of the molecule is N/C(=N/O)c1cc(F)c(Oc2cc(Cl)ccc2Cl)c(F)c1. The van der Waals surface area contributed by atoms with E-state index in [0.29, 0.717) is 5.02 Å². The van der Waals surface area contributed by atoms with E-state index >= 15 is 0 Å². The summed E-state index contributed by atoms with van der Waals surface area (Å²) < 4.78 is 32.9. The molecule has 0 amide bonds. The van der Waals surface area contributed by atoms with E-state index in [4.69, 9.17) is 38.9 Å². The van der Waals surface area contributed by atoms with Crippen LogP contribution in [0, 0.1) is 11.6 Å². The van der Waals surface area contributed by atoms with Gasteiger partial charge in [0.05, 0.1) is 5.02 Å². The lowest BCUT2D eigenvalue weighted by molar-refractivity contribution is 0.318. The fourth-order valence-electron chi connectivity index (χ4n) is 1.53. The largest absolute Gasteiger partial charge is 0.450 e. The van der Waals surface area contributed by atoms with Crippen LogP contribution in [0.15, 0.2) is 35.5 Å². The molecule has 0 saturated carbocycles. The Hall–Kier alpha value is -2.05. The molecule has 0 spiro atoms. The summed E-state index contributed by atoms with van der Waals surface area (Å²) in [6, 6.07) is 5.99. The Morgan fingerprint density at radius 1 is 1.14 bits per heavy atom. The van der Waals surface area contributed by atoms with Crippen LogP contribution in [0.25, 0.3) is 0 Å². The molecular weight excluding hydrogens is 325 g/mol. The van der Waals surface area contributed by atoms with E-state index in [9.17, 15) is 8.78 Å². The molecule has 0 fully saturated rings. The maximum absolute atomic E-state index is 13.9. The highest BCUT2D eigenvalue weighted by Gasteiger charge is 2.17. The molecule has 4 nitrogen and oxygen atoms in total. The second kappa shape index (κ2) is 6.15. The molecule has 2 rings (SSSR count). The molecule has 0 radical (unpaired) electrons. The number of amidine groups is 1. The lowest BCUT2D eigenvalue weighted by Crippen LogP contribution is -2.14. The predicted octanol–water partition coefficient (Wildman–Crippen LogP) is 4.16. The molecule has 0 heterocycles. The topological polar surface area (TPSA) is 67.8 Å². The number of oxime groups is 1. The first-order chi connectivity index (χ1) is 9.92. The van der Waals surface area contributed by atoms with Crippen LogP contribution in [-0.4, -0.2) is 11.0 Å². The molecule has 2 aromatic carbocycles. The summed E-state index contributed by atoms with van der Waals surface area (Å²) in [5.74, 6) is -3.17. The minimum absolute atomic E-state index is 0.00138. The monoisotopic (exact) mass is 332 g/mol. The smallest absolute Gasteiger partial charge is 0.198 e. The van der Waals surface area contributed by atoms with Gasteiger partial charge in [0.2, 0.25) is 0 Å². The Kier molecular flexibility index (Phi) is 4.50. The van der Waals surface area contributed by atoms with E-state index in [1.165, 1.54) is 18.2 Å². The average Bonchev–Trinajstić information content (AvgIpc) is 2.45. The van der Waals surface area contributed by atoms with Crippen molar-refractivity contribution in [3.8, 4) is 11.5 Å². The third-order valence-corrected chi connectivity index (χ3v) is 3.05. The third-order valence-electron chi connectivity index (χ3n) is 2.51. The quantitative estimate of drug-likeness (QED) is 0.384. The third kappa shape index (κ3) is 3.34. The van der Waals surface area contributed by atoms with Gasteiger partial charge in [0, 0.05) is 16.7 Å². The number of nitrogens with two attached hydrogens (primary N) is 1. The zero-order chi connectivity index (χ0) is 15.6. The molecule has 0 aliphatic rings. The minimum Gasteiger partial charge on any atom is -0.450 e. The van der Waals surface area contributed by atoms with Gasteiger partial charge in [-0.1, -0.05) is 28.4 Å². The van der Waals surface area contributed by atoms with Crippen molar-refractivity contribution in [3.63, 3.8) is 0 Å². The van der Waals surface area contributed by atoms with Crippen LogP contribution in [0.3, 0.4) is 0 Å². The number of ether oxygens (including phenoxy) is 1. The number of rotatable bonds is 3. The lowest BCUT2D eigenvalue weighted by atomic mass is 10.2. The van der Waals surface area contributed by atoms with E-state index < -0.39 is 23.2 Å². The van der Waals surface area contributed by atoms with Crippen molar-refractivity contribution in [2.45, 2.75) is 0 Å². The molecule has 21 heavy (non-hydrogen) atoms. The van der Waals surface area contributed by atoms with Gasteiger partial charge in [-0.25, -0.2) is 8.78 Å². The minimum atomic E-state index is -1.03. The second-order valence-corrected chi connectivity index (χ2v) is 4.77. The molecule has 0 aromatic heterocycles. The maximum atomic E-state index is 13.9. The van der Waals surface area contributed by atoms with Gasteiger partial charge < -0.3 is 15.7 Å². The van der Waals surface area contributed by atoms with Crippen molar-refractivity contribution in [2.75, 3.05) is 0 Å².